The summed E-state index contributed by atoms with van der Waals surface area (Å²) < 4.78 is 27.1. The molecule has 1 N–H and O–H groups in total. The second-order valence-electron chi connectivity index (χ2n) is 5.50. The van der Waals surface area contributed by atoms with Crippen LogP contribution < -0.4 is 4.72 Å². The maximum absolute atomic E-state index is 11.9. The van der Waals surface area contributed by atoms with E-state index in [4.69, 9.17) is 0 Å². The Bertz CT molecular complexity index is 521. The number of anilines is 1. The summed E-state index contributed by atoms with van der Waals surface area (Å²) in [4.78, 5) is 4.16. The largest absolute Gasteiger partial charge is 0.282 e. The van der Waals surface area contributed by atoms with Gasteiger partial charge in [-0.2, -0.15) is 0 Å². The van der Waals surface area contributed by atoms with E-state index < -0.39 is 10.0 Å². The fourth-order valence-electron chi connectivity index (χ4n) is 1.30. The minimum Gasteiger partial charge on any atom is -0.282 e. The van der Waals surface area contributed by atoms with Crippen LogP contribution in [0.5, 0.6) is 0 Å². The predicted octanol–water partition coefficient (Wildman–Crippen LogP) is 3.33. The summed E-state index contributed by atoms with van der Waals surface area (Å²) in [6.07, 6.45) is 0.616. The lowest BCUT2D eigenvalue weighted by Crippen LogP contribution is -2.21. The lowest BCUT2D eigenvalue weighted by molar-refractivity contribution is 0.397. The first kappa shape index (κ1) is 15.4. The van der Waals surface area contributed by atoms with Crippen LogP contribution >= 0.6 is 15.9 Å². The first-order valence-corrected chi connectivity index (χ1v) is 8.17. The van der Waals surface area contributed by atoms with Crippen LogP contribution in [-0.4, -0.2) is 19.2 Å². The van der Waals surface area contributed by atoms with Crippen molar-refractivity contribution in [1.29, 1.82) is 0 Å². The Labute approximate surface area is 117 Å². The van der Waals surface area contributed by atoms with Crippen LogP contribution in [0.4, 0.5) is 5.69 Å². The van der Waals surface area contributed by atoms with E-state index in [0.29, 0.717) is 22.4 Å². The van der Waals surface area contributed by atoms with E-state index in [1.807, 2.05) is 20.8 Å². The van der Waals surface area contributed by atoms with Crippen LogP contribution in [0, 0.1) is 12.3 Å². The molecular weight excluding hydrogens is 316 g/mol. The van der Waals surface area contributed by atoms with Gasteiger partial charge in [-0.15, -0.1) is 0 Å². The maximum Gasteiger partial charge on any atom is 0.232 e. The summed E-state index contributed by atoms with van der Waals surface area (Å²) in [5.74, 6) is 0.117. The molecule has 0 saturated heterocycles. The monoisotopic (exact) mass is 334 g/mol. The molecule has 1 heterocycles. The molecule has 0 bridgehead atoms. The summed E-state index contributed by atoms with van der Waals surface area (Å²) >= 11 is 3.24. The molecule has 1 aromatic rings. The Morgan fingerprint density at radius 1 is 1.33 bits per heavy atom. The number of aryl methyl sites for hydroxylation is 1. The van der Waals surface area contributed by atoms with Gasteiger partial charge in [-0.25, -0.2) is 13.4 Å². The molecule has 0 radical (unpaired) electrons. The van der Waals surface area contributed by atoms with Crippen molar-refractivity contribution >= 4 is 31.6 Å². The molecule has 0 fully saturated rings. The number of rotatable bonds is 4. The van der Waals surface area contributed by atoms with E-state index in [2.05, 4.69) is 25.6 Å². The standard InChI is InChI=1S/C12H19BrN2O2S/c1-9-10(5-6-11(13)14-9)15-18(16,17)8-7-12(2,3)4/h5-6,15H,7-8H2,1-4H3. The van der Waals surface area contributed by atoms with E-state index in [1.165, 1.54) is 0 Å². The number of aromatic nitrogens is 1. The van der Waals surface area contributed by atoms with Gasteiger partial charge in [0.25, 0.3) is 0 Å². The average molecular weight is 335 g/mol. The highest BCUT2D eigenvalue weighted by atomic mass is 79.9. The molecule has 1 aromatic heterocycles. The number of nitrogens with one attached hydrogen (secondary N) is 1. The SMILES string of the molecule is Cc1nc(Br)ccc1NS(=O)(=O)CCC(C)(C)C. The number of halogens is 1. The third kappa shape index (κ3) is 5.35. The van der Waals surface area contributed by atoms with Crippen molar-refractivity contribution in [3.8, 4) is 0 Å². The van der Waals surface area contributed by atoms with Crippen LogP contribution in [0.25, 0.3) is 0 Å². The molecule has 0 spiro atoms. The lowest BCUT2D eigenvalue weighted by atomic mass is 9.94. The number of sulfonamides is 1. The molecule has 0 saturated carbocycles. The van der Waals surface area contributed by atoms with E-state index in [-0.39, 0.29) is 11.2 Å². The average Bonchev–Trinajstić information content (AvgIpc) is 2.19. The molecule has 0 aromatic carbocycles. The fraction of sp³-hybridized carbons (Fsp3) is 0.583. The van der Waals surface area contributed by atoms with E-state index in [0.717, 1.165) is 0 Å². The Kier molecular flexibility index (Phi) is 4.78. The highest BCUT2D eigenvalue weighted by Crippen LogP contribution is 2.21. The van der Waals surface area contributed by atoms with E-state index in [9.17, 15) is 8.42 Å². The van der Waals surface area contributed by atoms with Gasteiger partial charge in [-0.3, -0.25) is 4.72 Å². The van der Waals surface area contributed by atoms with Crippen LogP contribution in [0.15, 0.2) is 16.7 Å². The first-order valence-electron chi connectivity index (χ1n) is 5.73. The van der Waals surface area contributed by atoms with Gasteiger partial charge in [0, 0.05) is 0 Å². The quantitative estimate of drug-likeness (QED) is 0.859. The zero-order valence-corrected chi connectivity index (χ0v) is 13.5. The van der Waals surface area contributed by atoms with E-state index >= 15 is 0 Å². The van der Waals surface area contributed by atoms with E-state index in [1.54, 1.807) is 19.1 Å². The zero-order chi connectivity index (χ0) is 14.0. The first-order chi connectivity index (χ1) is 8.09. The summed E-state index contributed by atoms with van der Waals surface area (Å²) in [7, 11) is -3.31. The Hall–Kier alpha value is -0.620. The summed E-state index contributed by atoms with van der Waals surface area (Å²) in [5, 5.41) is 0. The fourth-order valence-corrected chi connectivity index (χ4v) is 3.23. The van der Waals surface area contributed by atoms with Gasteiger partial charge in [-0.05, 0) is 46.8 Å². The van der Waals surface area contributed by atoms with Gasteiger partial charge >= 0.3 is 0 Å². The molecule has 0 aliphatic carbocycles. The smallest absolute Gasteiger partial charge is 0.232 e. The molecule has 0 aliphatic rings. The van der Waals surface area contributed by atoms with Gasteiger partial charge in [0.15, 0.2) is 0 Å². The molecular formula is C12H19BrN2O2S. The third-order valence-corrected chi connectivity index (χ3v) is 4.15. The Morgan fingerprint density at radius 3 is 2.44 bits per heavy atom. The molecule has 0 unspecified atom stereocenters. The molecule has 6 heteroatoms. The van der Waals surface area contributed by atoms with Crippen molar-refractivity contribution in [1.82, 2.24) is 4.98 Å². The van der Waals surface area contributed by atoms with Crippen LogP contribution in [-0.2, 0) is 10.0 Å². The summed E-state index contributed by atoms with van der Waals surface area (Å²) in [6, 6.07) is 3.43. The Balaban J connectivity index is 2.77. The van der Waals surface area contributed by atoms with Crippen molar-refractivity contribution in [3.05, 3.63) is 22.4 Å². The Morgan fingerprint density at radius 2 is 1.94 bits per heavy atom. The number of nitrogens with zero attached hydrogens (tertiary/aromatic N) is 1. The second kappa shape index (κ2) is 5.57. The van der Waals surface area contributed by atoms with Crippen LogP contribution in [0.3, 0.4) is 0 Å². The summed E-state index contributed by atoms with van der Waals surface area (Å²) in [6.45, 7) is 7.84. The maximum atomic E-state index is 11.9. The van der Waals surface area contributed by atoms with Gasteiger partial charge in [-0.1, -0.05) is 20.8 Å². The zero-order valence-electron chi connectivity index (χ0n) is 11.1. The minimum absolute atomic E-state index is 0.00175. The third-order valence-electron chi connectivity index (χ3n) is 2.44. The summed E-state index contributed by atoms with van der Waals surface area (Å²) in [5.41, 5.74) is 1.19. The normalized spacial score (nSPS) is 12.5. The number of hydrogen-bond acceptors (Lipinski definition) is 3. The van der Waals surface area contributed by atoms with Crippen molar-refractivity contribution < 1.29 is 8.42 Å². The molecule has 102 valence electrons. The van der Waals surface area contributed by atoms with Crippen molar-refractivity contribution in [3.63, 3.8) is 0 Å². The lowest BCUT2D eigenvalue weighted by Gasteiger charge is -2.18. The molecule has 1 rings (SSSR count). The molecule has 0 aliphatic heterocycles. The highest BCUT2D eigenvalue weighted by molar-refractivity contribution is 9.10. The molecule has 0 amide bonds. The van der Waals surface area contributed by atoms with Crippen molar-refractivity contribution in [2.45, 2.75) is 34.1 Å². The highest BCUT2D eigenvalue weighted by Gasteiger charge is 2.18. The second-order valence-corrected chi connectivity index (χ2v) is 8.15. The van der Waals surface area contributed by atoms with Gasteiger partial charge in [0.1, 0.15) is 4.60 Å². The van der Waals surface area contributed by atoms with Crippen LogP contribution in [0.1, 0.15) is 32.9 Å². The molecule has 4 nitrogen and oxygen atoms in total. The van der Waals surface area contributed by atoms with Gasteiger partial charge < -0.3 is 0 Å². The topological polar surface area (TPSA) is 59.1 Å². The molecule has 0 atom stereocenters. The predicted molar refractivity (Wildman–Crippen MR) is 78.2 cm³/mol. The number of hydrogen-bond donors (Lipinski definition) is 1. The van der Waals surface area contributed by atoms with Crippen LogP contribution in [0.2, 0.25) is 0 Å². The van der Waals surface area contributed by atoms with Gasteiger partial charge in [0.05, 0.1) is 17.1 Å². The van der Waals surface area contributed by atoms with Crippen molar-refractivity contribution in [2.24, 2.45) is 5.41 Å². The molecule has 18 heavy (non-hydrogen) atoms. The van der Waals surface area contributed by atoms with Gasteiger partial charge in [0.2, 0.25) is 10.0 Å². The minimum atomic E-state index is -3.31. The van der Waals surface area contributed by atoms with Crippen molar-refractivity contribution in [2.75, 3.05) is 10.5 Å². The number of pyridine rings is 1.